The monoisotopic (exact) mass is 269 g/mol. The number of nitrogens with one attached hydrogen (secondary N) is 1. The van der Waals surface area contributed by atoms with Crippen LogP contribution in [0.15, 0.2) is 6.20 Å². The van der Waals surface area contributed by atoms with Crippen molar-refractivity contribution in [2.75, 3.05) is 0 Å². The Hall–Kier alpha value is -1.96. The second-order valence-corrected chi connectivity index (χ2v) is 4.63. The van der Waals surface area contributed by atoms with Gasteiger partial charge in [-0.25, -0.2) is 4.68 Å². The van der Waals surface area contributed by atoms with Gasteiger partial charge in [-0.1, -0.05) is 19.1 Å². The van der Waals surface area contributed by atoms with Gasteiger partial charge in [-0.3, -0.25) is 9.59 Å². The molecular formula is C11H19N5O3. The Bertz CT molecular complexity index is 443. The van der Waals surface area contributed by atoms with Crippen LogP contribution in [-0.2, 0) is 22.7 Å². The Morgan fingerprint density at radius 1 is 1.53 bits per heavy atom. The number of carbonyl (C=O) groups is 2. The van der Waals surface area contributed by atoms with Gasteiger partial charge in [0.2, 0.25) is 5.91 Å². The number of aromatic nitrogens is 3. The summed E-state index contributed by atoms with van der Waals surface area (Å²) in [4.78, 5) is 22.5. The minimum absolute atomic E-state index is 0.00413. The standard InChI is InChI=1S/C11H19N5O3/c1-7(2)9(3-11(18)19)13-10(17)6-16-5-8(4-12)14-15-16/h5,7,9H,3-4,6,12H2,1-2H3,(H,13,17)(H,18,19). The predicted molar refractivity (Wildman–Crippen MR) is 66.9 cm³/mol. The molecule has 8 nitrogen and oxygen atoms in total. The number of carboxylic acid groups (broad SMARTS) is 1. The minimum atomic E-state index is -0.940. The van der Waals surface area contributed by atoms with E-state index >= 15 is 0 Å². The van der Waals surface area contributed by atoms with Crippen LogP contribution in [0.25, 0.3) is 0 Å². The van der Waals surface area contributed by atoms with Gasteiger partial charge in [0, 0.05) is 12.6 Å². The first kappa shape index (κ1) is 15.1. The first-order valence-corrected chi connectivity index (χ1v) is 6.02. The molecule has 0 aliphatic heterocycles. The number of nitrogens with two attached hydrogens (primary N) is 1. The number of hydrogen-bond acceptors (Lipinski definition) is 5. The van der Waals surface area contributed by atoms with E-state index in [0.717, 1.165) is 0 Å². The van der Waals surface area contributed by atoms with E-state index in [0.29, 0.717) is 5.69 Å². The van der Waals surface area contributed by atoms with E-state index in [4.69, 9.17) is 10.8 Å². The third-order valence-electron chi connectivity index (χ3n) is 2.65. The summed E-state index contributed by atoms with van der Waals surface area (Å²) in [7, 11) is 0. The summed E-state index contributed by atoms with van der Waals surface area (Å²) in [6.45, 7) is 3.97. The largest absolute Gasteiger partial charge is 0.481 e. The fraction of sp³-hybridized carbons (Fsp3) is 0.636. The summed E-state index contributed by atoms with van der Waals surface area (Å²) in [6, 6.07) is -0.400. The summed E-state index contributed by atoms with van der Waals surface area (Å²) in [5.74, 6) is -1.20. The molecule has 0 saturated heterocycles. The zero-order valence-corrected chi connectivity index (χ0v) is 11.0. The molecule has 0 aromatic carbocycles. The highest BCUT2D eigenvalue weighted by Crippen LogP contribution is 2.06. The number of rotatable bonds is 7. The average molecular weight is 269 g/mol. The maximum atomic E-state index is 11.8. The highest BCUT2D eigenvalue weighted by molar-refractivity contribution is 5.77. The summed E-state index contributed by atoms with van der Waals surface area (Å²) in [5, 5.41) is 19.0. The van der Waals surface area contributed by atoms with E-state index in [2.05, 4.69) is 15.6 Å². The lowest BCUT2D eigenvalue weighted by Crippen LogP contribution is -2.41. The van der Waals surface area contributed by atoms with E-state index in [1.165, 1.54) is 4.68 Å². The van der Waals surface area contributed by atoms with Crippen LogP contribution >= 0.6 is 0 Å². The molecule has 19 heavy (non-hydrogen) atoms. The van der Waals surface area contributed by atoms with Crippen molar-refractivity contribution in [1.29, 1.82) is 0 Å². The van der Waals surface area contributed by atoms with Gasteiger partial charge >= 0.3 is 5.97 Å². The number of aliphatic carboxylic acids is 1. The van der Waals surface area contributed by atoms with Gasteiger partial charge < -0.3 is 16.2 Å². The Labute approximate surface area is 111 Å². The Morgan fingerprint density at radius 2 is 2.21 bits per heavy atom. The molecule has 1 amide bonds. The van der Waals surface area contributed by atoms with Crippen molar-refractivity contribution in [3.05, 3.63) is 11.9 Å². The Morgan fingerprint density at radius 3 is 2.68 bits per heavy atom. The molecule has 0 radical (unpaired) electrons. The molecule has 1 atom stereocenters. The van der Waals surface area contributed by atoms with Gasteiger partial charge in [-0.15, -0.1) is 5.10 Å². The van der Waals surface area contributed by atoms with Gasteiger partial charge in [-0.2, -0.15) is 0 Å². The zero-order valence-electron chi connectivity index (χ0n) is 11.0. The van der Waals surface area contributed by atoms with Gasteiger partial charge in [-0.05, 0) is 5.92 Å². The molecule has 0 fully saturated rings. The van der Waals surface area contributed by atoms with Crippen molar-refractivity contribution < 1.29 is 14.7 Å². The van der Waals surface area contributed by atoms with Crippen molar-refractivity contribution in [2.45, 2.75) is 39.4 Å². The molecule has 0 spiro atoms. The van der Waals surface area contributed by atoms with E-state index in [9.17, 15) is 9.59 Å². The summed E-state index contributed by atoms with van der Waals surface area (Å²) >= 11 is 0. The molecule has 0 aliphatic carbocycles. The molecule has 0 saturated carbocycles. The van der Waals surface area contributed by atoms with Crippen LogP contribution in [0.4, 0.5) is 0 Å². The molecule has 1 heterocycles. The number of carboxylic acids is 1. The third-order valence-corrected chi connectivity index (χ3v) is 2.65. The molecule has 1 aromatic heterocycles. The number of carbonyl (C=O) groups excluding carboxylic acids is 1. The summed E-state index contributed by atoms with van der Waals surface area (Å²) < 4.78 is 1.37. The highest BCUT2D eigenvalue weighted by Gasteiger charge is 2.19. The molecule has 1 aromatic rings. The maximum Gasteiger partial charge on any atom is 0.305 e. The van der Waals surface area contributed by atoms with Crippen molar-refractivity contribution in [2.24, 2.45) is 11.7 Å². The molecule has 0 aliphatic rings. The molecule has 0 bridgehead atoms. The molecule has 4 N–H and O–H groups in total. The smallest absolute Gasteiger partial charge is 0.305 e. The average Bonchev–Trinajstić information content (AvgIpc) is 2.75. The Kier molecular flexibility index (Phi) is 5.43. The Balaban J connectivity index is 2.54. The van der Waals surface area contributed by atoms with Crippen molar-refractivity contribution >= 4 is 11.9 Å². The fourth-order valence-corrected chi connectivity index (χ4v) is 1.55. The number of nitrogens with zero attached hydrogens (tertiary/aromatic N) is 3. The van der Waals surface area contributed by atoms with Crippen LogP contribution in [0.5, 0.6) is 0 Å². The zero-order chi connectivity index (χ0) is 14.4. The minimum Gasteiger partial charge on any atom is -0.481 e. The van der Waals surface area contributed by atoms with Crippen LogP contribution in [0.3, 0.4) is 0 Å². The topological polar surface area (TPSA) is 123 Å². The van der Waals surface area contributed by atoms with Gasteiger partial charge in [0.25, 0.3) is 0 Å². The van der Waals surface area contributed by atoms with Gasteiger partial charge in [0.15, 0.2) is 0 Å². The van der Waals surface area contributed by atoms with E-state index < -0.39 is 12.0 Å². The summed E-state index contributed by atoms with van der Waals surface area (Å²) in [6.07, 6.45) is 1.48. The van der Waals surface area contributed by atoms with Crippen LogP contribution in [-0.4, -0.2) is 38.0 Å². The van der Waals surface area contributed by atoms with E-state index in [-0.39, 0.29) is 31.3 Å². The molecule has 1 unspecified atom stereocenters. The second-order valence-electron chi connectivity index (χ2n) is 4.63. The first-order chi connectivity index (χ1) is 8.92. The lowest BCUT2D eigenvalue weighted by atomic mass is 10.0. The lowest BCUT2D eigenvalue weighted by Gasteiger charge is -2.20. The van der Waals surface area contributed by atoms with Crippen LogP contribution in [0.2, 0.25) is 0 Å². The van der Waals surface area contributed by atoms with Crippen molar-refractivity contribution in [3.63, 3.8) is 0 Å². The molecule has 1 rings (SSSR count). The second kappa shape index (κ2) is 6.83. The fourth-order valence-electron chi connectivity index (χ4n) is 1.55. The number of hydrogen-bond donors (Lipinski definition) is 3. The predicted octanol–water partition coefficient (Wildman–Crippen LogP) is -0.648. The van der Waals surface area contributed by atoms with Crippen LogP contribution in [0.1, 0.15) is 26.0 Å². The van der Waals surface area contributed by atoms with E-state index in [1.807, 2.05) is 13.8 Å². The van der Waals surface area contributed by atoms with Gasteiger partial charge in [0.05, 0.1) is 18.3 Å². The van der Waals surface area contributed by atoms with Crippen LogP contribution < -0.4 is 11.1 Å². The van der Waals surface area contributed by atoms with Crippen molar-refractivity contribution in [1.82, 2.24) is 20.3 Å². The number of amides is 1. The van der Waals surface area contributed by atoms with Gasteiger partial charge in [0.1, 0.15) is 6.54 Å². The SMILES string of the molecule is CC(C)C(CC(=O)O)NC(=O)Cn1cc(CN)nn1. The van der Waals surface area contributed by atoms with E-state index in [1.54, 1.807) is 6.20 Å². The molecular weight excluding hydrogens is 250 g/mol. The maximum absolute atomic E-state index is 11.8. The van der Waals surface area contributed by atoms with Crippen molar-refractivity contribution in [3.8, 4) is 0 Å². The van der Waals surface area contributed by atoms with Crippen LogP contribution in [0, 0.1) is 5.92 Å². The lowest BCUT2D eigenvalue weighted by molar-refractivity contribution is -0.138. The quantitative estimate of drug-likeness (QED) is 0.604. The third kappa shape index (κ3) is 5.04. The summed E-state index contributed by atoms with van der Waals surface area (Å²) in [5.41, 5.74) is 5.98. The molecule has 106 valence electrons. The molecule has 8 heteroatoms. The first-order valence-electron chi connectivity index (χ1n) is 6.02. The highest BCUT2D eigenvalue weighted by atomic mass is 16.4. The normalized spacial score (nSPS) is 12.4.